The van der Waals surface area contributed by atoms with E-state index in [-0.39, 0.29) is 17.4 Å². The van der Waals surface area contributed by atoms with E-state index in [1.807, 2.05) is 18.6 Å². The molecular formula is C24H31FN6O3S. The topological polar surface area (TPSA) is 100 Å². The molecule has 0 unspecified atom stereocenters. The second kappa shape index (κ2) is 9.54. The zero-order valence-electron chi connectivity index (χ0n) is 20.6. The molecule has 1 fully saturated rings. The normalized spacial score (nSPS) is 15.4. The SMILES string of the molecule is CC(C)c1nn(-c2ccc(F)cc2)c2nc(C(=O)NS(C)(=O)=O)cc(N3CCC(N(C)C)CC3)c12. The molecule has 4 rings (SSSR count). The number of rotatable bonds is 6. The summed E-state index contributed by atoms with van der Waals surface area (Å²) in [4.78, 5) is 21.8. The van der Waals surface area contributed by atoms with Gasteiger partial charge in [0.15, 0.2) is 5.65 Å². The van der Waals surface area contributed by atoms with Gasteiger partial charge in [-0.05, 0) is 63.2 Å². The summed E-state index contributed by atoms with van der Waals surface area (Å²) < 4.78 is 40.7. The molecule has 0 atom stereocenters. The average Bonchev–Trinajstić information content (AvgIpc) is 3.18. The van der Waals surface area contributed by atoms with Crippen molar-refractivity contribution < 1.29 is 17.6 Å². The smallest absolute Gasteiger partial charge is 0.283 e. The van der Waals surface area contributed by atoms with Crippen LogP contribution in [-0.2, 0) is 10.0 Å². The predicted molar refractivity (Wildman–Crippen MR) is 134 cm³/mol. The summed E-state index contributed by atoms with van der Waals surface area (Å²) in [6, 6.07) is 7.98. The molecule has 0 radical (unpaired) electrons. The zero-order valence-corrected chi connectivity index (χ0v) is 21.4. The van der Waals surface area contributed by atoms with Crippen LogP contribution >= 0.6 is 0 Å². The lowest BCUT2D eigenvalue weighted by molar-refractivity contribution is 0.0977. The van der Waals surface area contributed by atoms with Crippen molar-refractivity contribution in [3.63, 3.8) is 0 Å². The molecule has 9 nitrogen and oxygen atoms in total. The summed E-state index contributed by atoms with van der Waals surface area (Å²) >= 11 is 0. The Morgan fingerprint density at radius 2 is 1.80 bits per heavy atom. The summed E-state index contributed by atoms with van der Waals surface area (Å²) in [6.07, 6.45) is 2.82. The Morgan fingerprint density at radius 1 is 1.17 bits per heavy atom. The van der Waals surface area contributed by atoms with Crippen LogP contribution in [0, 0.1) is 5.82 Å². The Balaban J connectivity index is 1.93. The molecule has 3 heterocycles. The summed E-state index contributed by atoms with van der Waals surface area (Å²) in [5.74, 6) is -1.13. The molecule has 1 aromatic carbocycles. The van der Waals surface area contributed by atoms with Crippen molar-refractivity contribution in [3.8, 4) is 5.69 Å². The maximum absolute atomic E-state index is 13.6. The van der Waals surface area contributed by atoms with E-state index in [1.54, 1.807) is 22.9 Å². The van der Waals surface area contributed by atoms with Gasteiger partial charge in [0.2, 0.25) is 10.0 Å². The standard InChI is InChI=1S/C24H31FN6O3S/c1-15(2)22-21-20(30-12-10-17(11-13-30)29(3)4)14-19(24(32)28-35(5,33)34)26-23(21)31(27-22)18-8-6-16(25)7-9-18/h6-9,14-15,17H,10-13H2,1-5H3,(H,28,32). The molecule has 1 aliphatic heterocycles. The van der Waals surface area contributed by atoms with Crippen LogP contribution in [0.15, 0.2) is 30.3 Å². The predicted octanol–water partition coefficient (Wildman–Crippen LogP) is 2.90. The first-order valence-electron chi connectivity index (χ1n) is 11.6. The van der Waals surface area contributed by atoms with Crippen molar-refractivity contribution in [3.05, 3.63) is 47.5 Å². The molecule has 1 N–H and O–H groups in total. The van der Waals surface area contributed by atoms with Gasteiger partial charge in [-0.25, -0.2) is 27.2 Å². The Bertz CT molecular complexity index is 1340. The second-order valence-corrected chi connectivity index (χ2v) is 11.3. The molecule has 2 aromatic heterocycles. The van der Waals surface area contributed by atoms with E-state index in [2.05, 4.69) is 28.9 Å². The number of piperidine rings is 1. The molecule has 0 bridgehead atoms. The van der Waals surface area contributed by atoms with Crippen LogP contribution in [0.25, 0.3) is 16.7 Å². The molecule has 1 amide bonds. The first-order chi connectivity index (χ1) is 16.4. The molecule has 11 heteroatoms. The van der Waals surface area contributed by atoms with E-state index in [0.717, 1.165) is 49.0 Å². The lowest BCUT2D eigenvalue weighted by Crippen LogP contribution is -2.42. The highest BCUT2D eigenvalue weighted by atomic mass is 32.2. The maximum Gasteiger partial charge on any atom is 0.283 e. The zero-order chi connectivity index (χ0) is 25.5. The van der Waals surface area contributed by atoms with Crippen molar-refractivity contribution in [2.24, 2.45) is 0 Å². The summed E-state index contributed by atoms with van der Waals surface area (Å²) in [5.41, 5.74) is 2.59. The number of halogens is 1. The molecule has 188 valence electrons. The Morgan fingerprint density at radius 3 is 2.34 bits per heavy atom. The number of hydrogen-bond acceptors (Lipinski definition) is 7. The molecule has 0 aliphatic carbocycles. The maximum atomic E-state index is 13.6. The highest BCUT2D eigenvalue weighted by Gasteiger charge is 2.28. The van der Waals surface area contributed by atoms with E-state index in [0.29, 0.717) is 17.4 Å². The first kappa shape index (κ1) is 25.1. The quantitative estimate of drug-likeness (QED) is 0.553. The molecule has 1 saturated heterocycles. The number of amides is 1. The summed E-state index contributed by atoms with van der Waals surface area (Å²) in [6.45, 7) is 5.61. The Labute approximate surface area is 205 Å². The number of nitrogens with zero attached hydrogens (tertiary/aromatic N) is 5. The third-order valence-electron chi connectivity index (χ3n) is 6.31. The number of carbonyl (C=O) groups excluding carboxylic acids is 1. The minimum Gasteiger partial charge on any atom is -0.371 e. The van der Waals surface area contributed by atoms with Gasteiger partial charge in [-0.2, -0.15) is 5.10 Å². The number of nitrogens with one attached hydrogen (secondary N) is 1. The number of aromatic nitrogens is 3. The van der Waals surface area contributed by atoms with Gasteiger partial charge in [-0.15, -0.1) is 0 Å². The van der Waals surface area contributed by atoms with Crippen molar-refractivity contribution in [1.29, 1.82) is 0 Å². The van der Waals surface area contributed by atoms with Crippen molar-refractivity contribution in [2.75, 3.05) is 38.3 Å². The molecule has 35 heavy (non-hydrogen) atoms. The lowest BCUT2D eigenvalue weighted by Gasteiger charge is -2.37. The van der Waals surface area contributed by atoms with Crippen LogP contribution < -0.4 is 9.62 Å². The number of benzene rings is 1. The van der Waals surface area contributed by atoms with Crippen LogP contribution in [-0.4, -0.2) is 73.5 Å². The van der Waals surface area contributed by atoms with E-state index >= 15 is 0 Å². The molecule has 0 saturated carbocycles. The monoisotopic (exact) mass is 502 g/mol. The van der Waals surface area contributed by atoms with E-state index in [4.69, 9.17) is 5.10 Å². The Hall–Kier alpha value is -3.05. The summed E-state index contributed by atoms with van der Waals surface area (Å²) in [7, 11) is 0.366. The highest BCUT2D eigenvalue weighted by molar-refractivity contribution is 7.89. The van der Waals surface area contributed by atoms with Gasteiger partial charge < -0.3 is 9.80 Å². The van der Waals surface area contributed by atoms with Crippen LogP contribution in [0.1, 0.15) is 48.8 Å². The number of hydrogen-bond donors (Lipinski definition) is 1. The fourth-order valence-electron chi connectivity index (χ4n) is 4.50. The number of anilines is 1. The van der Waals surface area contributed by atoms with Crippen molar-refractivity contribution >= 4 is 32.7 Å². The largest absolute Gasteiger partial charge is 0.371 e. The fourth-order valence-corrected chi connectivity index (χ4v) is 4.94. The van der Waals surface area contributed by atoms with Gasteiger partial charge in [0.25, 0.3) is 5.91 Å². The van der Waals surface area contributed by atoms with Crippen LogP contribution in [0.2, 0.25) is 0 Å². The third kappa shape index (κ3) is 5.30. The van der Waals surface area contributed by atoms with Gasteiger partial charge in [0, 0.05) is 19.1 Å². The third-order valence-corrected chi connectivity index (χ3v) is 6.86. The first-order valence-corrected chi connectivity index (χ1v) is 13.5. The minimum absolute atomic E-state index is 0.0220. The number of sulfonamides is 1. The van der Waals surface area contributed by atoms with Gasteiger partial charge in [-0.1, -0.05) is 13.8 Å². The average molecular weight is 503 g/mol. The fraction of sp³-hybridized carbons (Fsp3) is 0.458. The number of fused-ring (bicyclic) bond motifs is 1. The number of carbonyl (C=O) groups is 1. The lowest BCUT2D eigenvalue weighted by atomic mass is 10.0. The van der Waals surface area contributed by atoms with E-state index in [9.17, 15) is 17.6 Å². The highest BCUT2D eigenvalue weighted by Crippen LogP contribution is 2.36. The van der Waals surface area contributed by atoms with Crippen molar-refractivity contribution in [1.82, 2.24) is 24.4 Å². The van der Waals surface area contributed by atoms with Crippen LogP contribution in [0.3, 0.4) is 0 Å². The van der Waals surface area contributed by atoms with Crippen molar-refractivity contribution in [2.45, 2.75) is 38.6 Å². The molecule has 0 spiro atoms. The van der Waals surface area contributed by atoms with Crippen LogP contribution in [0.4, 0.5) is 10.1 Å². The van der Waals surface area contributed by atoms with E-state index in [1.165, 1.54) is 12.1 Å². The molecule has 1 aliphatic rings. The van der Waals surface area contributed by atoms with Gasteiger partial charge in [0.05, 0.1) is 28.7 Å². The summed E-state index contributed by atoms with van der Waals surface area (Å²) in [5, 5.41) is 5.62. The van der Waals surface area contributed by atoms with Gasteiger partial charge in [0.1, 0.15) is 11.5 Å². The second-order valence-electron chi connectivity index (χ2n) is 9.54. The molecular weight excluding hydrogens is 471 g/mol. The minimum atomic E-state index is -3.78. The van der Waals surface area contributed by atoms with Crippen LogP contribution in [0.5, 0.6) is 0 Å². The number of pyridine rings is 1. The van der Waals surface area contributed by atoms with Gasteiger partial charge >= 0.3 is 0 Å². The molecule has 3 aromatic rings. The Kier molecular flexibility index (Phi) is 6.83. The van der Waals surface area contributed by atoms with E-state index < -0.39 is 15.9 Å². The van der Waals surface area contributed by atoms with Gasteiger partial charge in [-0.3, -0.25) is 4.79 Å².